The zero-order valence-electron chi connectivity index (χ0n) is 16.7. The number of carbonyl (C=O) groups excluding carboxylic acids is 1. The van der Waals surface area contributed by atoms with Crippen LogP contribution in [0, 0.1) is 11.3 Å². The monoisotopic (exact) mass is 396 g/mol. The molecule has 2 aromatic carbocycles. The lowest BCUT2D eigenvalue weighted by Gasteiger charge is -2.45. The molecular weight excluding hydrogens is 372 g/mol. The Hall–Kier alpha value is -3.08. The first-order valence-corrected chi connectivity index (χ1v) is 9.41. The lowest BCUT2D eigenvalue weighted by atomic mass is 9.86. The first-order valence-electron chi connectivity index (χ1n) is 9.41. The summed E-state index contributed by atoms with van der Waals surface area (Å²) in [4.78, 5) is 18.6. The average molecular weight is 396 g/mol. The van der Waals surface area contributed by atoms with Crippen molar-refractivity contribution in [3.8, 4) is 11.8 Å². The molecule has 1 heterocycles. The fraction of sp³-hybridized carbons (Fsp3) is 0.364. The van der Waals surface area contributed by atoms with Crippen molar-refractivity contribution in [1.29, 1.82) is 5.26 Å². The van der Waals surface area contributed by atoms with Crippen LogP contribution in [0.1, 0.15) is 43.5 Å². The molecule has 1 amide bonds. The van der Waals surface area contributed by atoms with Crippen molar-refractivity contribution in [3.63, 3.8) is 0 Å². The van der Waals surface area contributed by atoms with E-state index in [0.717, 1.165) is 10.6 Å². The molecule has 1 aliphatic rings. The number of hydrogen-bond acceptors (Lipinski definition) is 6. The number of nitrogens with zero attached hydrogens (tertiary/aromatic N) is 2. The van der Waals surface area contributed by atoms with Crippen LogP contribution in [0.5, 0.6) is 5.75 Å². The Morgan fingerprint density at radius 2 is 2.00 bits per heavy atom. The van der Waals surface area contributed by atoms with Gasteiger partial charge in [0.05, 0.1) is 18.2 Å². The predicted molar refractivity (Wildman–Crippen MR) is 105 cm³/mol. The Kier molecular flexibility index (Phi) is 6.06. The van der Waals surface area contributed by atoms with Gasteiger partial charge in [-0.1, -0.05) is 30.3 Å². The number of nitriles is 1. The number of aliphatic hydroxyl groups excluding tert-OH is 1. The number of rotatable bonds is 5. The number of amides is 1. The summed E-state index contributed by atoms with van der Waals surface area (Å²) in [7, 11) is 0. The van der Waals surface area contributed by atoms with Crippen LogP contribution in [0.3, 0.4) is 0 Å². The third-order valence-electron chi connectivity index (χ3n) is 4.76. The second-order valence-electron chi connectivity index (χ2n) is 7.24. The zero-order valence-corrected chi connectivity index (χ0v) is 16.7. The molecule has 0 radical (unpaired) electrons. The Balaban J connectivity index is 2.02. The molecule has 7 nitrogen and oxygen atoms in total. The molecule has 0 saturated carbocycles. The molecule has 0 unspecified atom stereocenters. The van der Waals surface area contributed by atoms with E-state index in [4.69, 9.17) is 14.3 Å². The maximum atomic E-state index is 12.7. The third kappa shape index (κ3) is 4.34. The topological polar surface area (TPSA) is 92.0 Å². The number of fused-ring (bicyclic) bond motifs is 1. The Morgan fingerprint density at radius 3 is 2.66 bits per heavy atom. The van der Waals surface area contributed by atoms with Crippen molar-refractivity contribution >= 4 is 6.09 Å². The highest BCUT2D eigenvalue weighted by Crippen LogP contribution is 2.43. The molecule has 0 aromatic heterocycles. The highest BCUT2D eigenvalue weighted by atomic mass is 16.7. The Bertz CT molecular complexity index is 907. The molecule has 0 aliphatic carbocycles. The molecule has 2 atom stereocenters. The molecule has 7 heteroatoms. The maximum absolute atomic E-state index is 12.7. The summed E-state index contributed by atoms with van der Waals surface area (Å²) in [5, 5.41) is 21.4. The van der Waals surface area contributed by atoms with E-state index in [-0.39, 0.29) is 13.2 Å². The maximum Gasteiger partial charge on any atom is 0.434 e. The van der Waals surface area contributed by atoms with E-state index in [1.807, 2.05) is 30.3 Å². The van der Waals surface area contributed by atoms with Gasteiger partial charge < -0.3 is 14.6 Å². The molecule has 1 N–H and O–H groups in total. The molecule has 0 spiro atoms. The lowest BCUT2D eigenvalue weighted by Crippen LogP contribution is -2.54. The van der Waals surface area contributed by atoms with Gasteiger partial charge in [0.25, 0.3) is 0 Å². The van der Waals surface area contributed by atoms with Crippen LogP contribution in [-0.2, 0) is 16.2 Å². The minimum absolute atomic E-state index is 0.109. The molecule has 152 valence electrons. The predicted octanol–water partition coefficient (Wildman–Crippen LogP) is 3.72. The second-order valence-corrected chi connectivity index (χ2v) is 7.24. The lowest BCUT2D eigenvalue weighted by molar-refractivity contribution is -0.215. The second kappa shape index (κ2) is 8.52. The zero-order chi connectivity index (χ0) is 21.0. The number of carbonyl (C=O) groups is 1. The quantitative estimate of drug-likeness (QED) is 0.775. The average Bonchev–Trinajstić information content (AvgIpc) is 2.71. The van der Waals surface area contributed by atoms with Crippen LogP contribution >= 0.6 is 0 Å². The van der Waals surface area contributed by atoms with Crippen LogP contribution in [0.2, 0.25) is 0 Å². The fourth-order valence-electron chi connectivity index (χ4n) is 3.24. The molecule has 0 saturated heterocycles. The summed E-state index contributed by atoms with van der Waals surface area (Å²) in [5.74, 6) is 0.474. The van der Waals surface area contributed by atoms with E-state index in [1.54, 1.807) is 39.0 Å². The molecule has 29 heavy (non-hydrogen) atoms. The van der Waals surface area contributed by atoms with Gasteiger partial charge in [0.2, 0.25) is 0 Å². The minimum Gasteiger partial charge on any atom is -0.485 e. The van der Waals surface area contributed by atoms with Gasteiger partial charge in [0.15, 0.2) is 0 Å². The van der Waals surface area contributed by atoms with E-state index >= 15 is 0 Å². The third-order valence-corrected chi connectivity index (χ3v) is 4.76. The Morgan fingerprint density at radius 1 is 1.28 bits per heavy atom. The van der Waals surface area contributed by atoms with Gasteiger partial charge >= 0.3 is 6.09 Å². The van der Waals surface area contributed by atoms with Crippen molar-refractivity contribution in [2.75, 3.05) is 6.61 Å². The summed E-state index contributed by atoms with van der Waals surface area (Å²) in [6.07, 6.45) is -1.84. The SMILES string of the molecule is CCOC(=O)N(OCc1ccccc1)[C@H]1c2cc(C#N)ccc2OC(C)(C)[C@@H]1O. The highest BCUT2D eigenvalue weighted by Gasteiger charge is 2.48. The van der Waals surface area contributed by atoms with Crippen LogP contribution in [0.25, 0.3) is 0 Å². The van der Waals surface area contributed by atoms with Gasteiger partial charge in [-0.05, 0) is 44.5 Å². The van der Waals surface area contributed by atoms with Crippen LogP contribution in [-0.4, -0.2) is 34.6 Å². The van der Waals surface area contributed by atoms with Gasteiger partial charge in [-0.3, -0.25) is 4.84 Å². The van der Waals surface area contributed by atoms with Crippen LogP contribution in [0.15, 0.2) is 48.5 Å². The Labute approximate surface area is 170 Å². The number of hydroxylamine groups is 2. The molecule has 1 aliphatic heterocycles. The molecule has 0 bridgehead atoms. The first kappa shape index (κ1) is 20.6. The van der Waals surface area contributed by atoms with Crippen molar-refractivity contribution in [3.05, 3.63) is 65.2 Å². The van der Waals surface area contributed by atoms with Crippen molar-refractivity contribution < 1.29 is 24.2 Å². The molecule has 3 rings (SSSR count). The first-order chi connectivity index (χ1) is 13.9. The minimum atomic E-state index is -1.12. The van der Waals surface area contributed by atoms with Gasteiger partial charge in [-0.15, -0.1) is 0 Å². The summed E-state index contributed by atoms with van der Waals surface area (Å²) < 4.78 is 11.1. The van der Waals surface area contributed by atoms with E-state index in [9.17, 15) is 15.2 Å². The van der Waals surface area contributed by atoms with Crippen molar-refractivity contribution in [2.45, 2.75) is 45.1 Å². The van der Waals surface area contributed by atoms with Crippen LogP contribution in [0.4, 0.5) is 4.79 Å². The van der Waals surface area contributed by atoms with Crippen molar-refractivity contribution in [1.82, 2.24) is 5.06 Å². The largest absolute Gasteiger partial charge is 0.485 e. The summed E-state index contributed by atoms with van der Waals surface area (Å²) >= 11 is 0. The summed E-state index contributed by atoms with van der Waals surface area (Å²) in [6.45, 7) is 5.41. The number of ether oxygens (including phenoxy) is 2. The molecule has 0 fully saturated rings. The summed E-state index contributed by atoms with van der Waals surface area (Å²) in [5.41, 5.74) is 0.730. The fourth-order valence-corrected chi connectivity index (χ4v) is 3.24. The van der Waals surface area contributed by atoms with Gasteiger partial charge in [-0.25, -0.2) is 4.79 Å². The molecule has 2 aromatic rings. The normalized spacial score (nSPS) is 19.4. The molecular formula is C22H24N2O5. The van der Waals surface area contributed by atoms with E-state index < -0.39 is 23.8 Å². The van der Waals surface area contributed by atoms with E-state index in [2.05, 4.69) is 6.07 Å². The van der Waals surface area contributed by atoms with Gasteiger partial charge in [0.1, 0.15) is 30.1 Å². The van der Waals surface area contributed by atoms with Crippen LogP contribution < -0.4 is 4.74 Å². The van der Waals surface area contributed by atoms with Crippen molar-refractivity contribution in [2.24, 2.45) is 0 Å². The number of aliphatic hydroxyl groups is 1. The number of benzene rings is 2. The standard InChI is InChI=1S/C22H24N2O5/c1-4-27-21(26)24(28-14-15-8-6-5-7-9-15)19-17-12-16(13-23)10-11-18(17)29-22(2,3)20(19)25/h5-12,19-20,25H,4,14H2,1-3H3/t19-,20+/m0/s1. The smallest absolute Gasteiger partial charge is 0.434 e. The van der Waals surface area contributed by atoms with E-state index in [0.29, 0.717) is 16.9 Å². The van der Waals surface area contributed by atoms with E-state index in [1.165, 1.54) is 0 Å². The summed E-state index contributed by atoms with van der Waals surface area (Å²) in [6, 6.07) is 15.4. The van der Waals surface area contributed by atoms with Gasteiger partial charge in [-0.2, -0.15) is 10.3 Å². The number of hydrogen-bond donors (Lipinski definition) is 1. The van der Waals surface area contributed by atoms with Gasteiger partial charge in [0, 0.05) is 5.56 Å². The highest BCUT2D eigenvalue weighted by molar-refractivity contribution is 5.68.